The van der Waals surface area contributed by atoms with Gasteiger partial charge in [-0.25, -0.2) is 4.98 Å². The Morgan fingerprint density at radius 1 is 1.33 bits per heavy atom. The van der Waals surface area contributed by atoms with Gasteiger partial charge >= 0.3 is 0 Å². The maximum atomic E-state index is 9.06. The normalized spacial score (nSPS) is 10.4. The van der Waals surface area contributed by atoms with E-state index in [1.165, 1.54) is 0 Å². The Morgan fingerprint density at radius 3 is 2.67 bits per heavy atom. The molecule has 0 aliphatic carbocycles. The summed E-state index contributed by atoms with van der Waals surface area (Å²) in [6.45, 7) is 9.61. The van der Waals surface area contributed by atoms with E-state index in [2.05, 4.69) is 24.9 Å². The number of hydrogen-bond donors (Lipinski definition) is 0. The average molecular weight is 248 g/mol. The van der Waals surface area contributed by atoms with Crippen molar-refractivity contribution in [3.05, 3.63) is 22.9 Å². The van der Waals surface area contributed by atoms with Crippen molar-refractivity contribution in [1.82, 2.24) is 4.98 Å². The molecule has 0 saturated carbocycles. The van der Waals surface area contributed by atoms with Crippen LogP contribution in [-0.4, -0.2) is 24.8 Å². The van der Waals surface area contributed by atoms with Crippen LogP contribution in [0.3, 0.4) is 0 Å². The van der Waals surface area contributed by atoms with Crippen molar-refractivity contribution in [1.29, 1.82) is 5.26 Å². The largest absolute Gasteiger partial charge is 0.474 e. The lowest BCUT2D eigenvalue weighted by Crippen LogP contribution is -2.11. The molecule has 0 N–H and O–H groups in total. The molecule has 18 heavy (non-hydrogen) atoms. The third kappa shape index (κ3) is 4.34. The second kappa shape index (κ2) is 6.97. The molecule has 0 spiro atoms. The van der Waals surface area contributed by atoms with Crippen molar-refractivity contribution in [2.45, 2.75) is 27.7 Å². The first-order chi connectivity index (χ1) is 8.54. The van der Waals surface area contributed by atoms with Gasteiger partial charge in [0, 0.05) is 12.3 Å². The SMILES string of the molecule is Cc1cc(C)c(C#N)c(OCCOCC(C)C)n1. The van der Waals surface area contributed by atoms with Gasteiger partial charge in [-0.1, -0.05) is 13.8 Å². The number of hydrogen-bond acceptors (Lipinski definition) is 4. The lowest BCUT2D eigenvalue weighted by molar-refractivity contribution is 0.0805. The van der Waals surface area contributed by atoms with Crippen molar-refractivity contribution in [3.63, 3.8) is 0 Å². The summed E-state index contributed by atoms with van der Waals surface area (Å²) in [6, 6.07) is 4.00. The smallest absolute Gasteiger partial charge is 0.232 e. The van der Waals surface area contributed by atoms with Crippen molar-refractivity contribution >= 4 is 0 Å². The summed E-state index contributed by atoms with van der Waals surface area (Å²) in [5.41, 5.74) is 2.25. The minimum atomic E-state index is 0.406. The van der Waals surface area contributed by atoms with Crippen LogP contribution in [0.2, 0.25) is 0 Å². The number of rotatable bonds is 6. The fourth-order valence-corrected chi connectivity index (χ4v) is 1.56. The third-order valence-electron chi connectivity index (χ3n) is 2.34. The van der Waals surface area contributed by atoms with E-state index in [0.29, 0.717) is 30.6 Å². The molecule has 0 fully saturated rings. The average Bonchev–Trinajstić information content (AvgIpc) is 2.27. The highest BCUT2D eigenvalue weighted by molar-refractivity contribution is 5.45. The highest BCUT2D eigenvalue weighted by Crippen LogP contribution is 2.19. The van der Waals surface area contributed by atoms with Crippen LogP contribution in [0.4, 0.5) is 0 Å². The van der Waals surface area contributed by atoms with Gasteiger partial charge in [0.1, 0.15) is 18.2 Å². The van der Waals surface area contributed by atoms with Crippen LogP contribution in [0.5, 0.6) is 5.88 Å². The van der Waals surface area contributed by atoms with Crippen LogP contribution in [0.1, 0.15) is 30.7 Å². The van der Waals surface area contributed by atoms with Gasteiger partial charge in [0.05, 0.1) is 6.61 Å². The van der Waals surface area contributed by atoms with Crippen LogP contribution < -0.4 is 4.74 Å². The van der Waals surface area contributed by atoms with Crippen LogP contribution in [0, 0.1) is 31.1 Å². The van der Waals surface area contributed by atoms with E-state index in [9.17, 15) is 0 Å². The van der Waals surface area contributed by atoms with E-state index in [4.69, 9.17) is 14.7 Å². The minimum Gasteiger partial charge on any atom is -0.474 e. The van der Waals surface area contributed by atoms with Crippen molar-refractivity contribution < 1.29 is 9.47 Å². The van der Waals surface area contributed by atoms with Crippen molar-refractivity contribution in [3.8, 4) is 11.9 Å². The van der Waals surface area contributed by atoms with Gasteiger partial charge in [-0.3, -0.25) is 0 Å². The molecule has 4 heteroatoms. The van der Waals surface area contributed by atoms with Gasteiger partial charge in [-0.2, -0.15) is 5.26 Å². The molecule has 0 saturated heterocycles. The van der Waals surface area contributed by atoms with Crippen molar-refractivity contribution in [2.24, 2.45) is 5.92 Å². The van der Waals surface area contributed by atoms with Crippen LogP contribution in [0.15, 0.2) is 6.07 Å². The van der Waals surface area contributed by atoms with Crippen molar-refractivity contribution in [2.75, 3.05) is 19.8 Å². The molecular formula is C14H20N2O2. The summed E-state index contributed by atoms with van der Waals surface area (Å²) in [5, 5.41) is 9.06. The van der Waals surface area contributed by atoms with E-state index < -0.39 is 0 Å². The van der Waals surface area contributed by atoms with Gasteiger partial charge in [-0.15, -0.1) is 0 Å². The van der Waals surface area contributed by atoms with Gasteiger partial charge in [0.2, 0.25) is 5.88 Å². The first kappa shape index (κ1) is 14.5. The van der Waals surface area contributed by atoms with Crippen LogP contribution >= 0.6 is 0 Å². The Hall–Kier alpha value is -1.60. The maximum absolute atomic E-state index is 9.06. The Bertz CT molecular complexity index is 436. The van der Waals surface area contributed by atoms with E-state index in [0.717, 1.165) is 17.9 Å². The predicted molar refractivity (Wildman–Crippen MR) is 69.6 cm³/mol. The van der Waals surface area contributed by atoms with E-state index >= 15 is 0 Å². The number of aryl methyl sites for hydroxylation is 2. The number of pyridine rings is 1. The molecule has 0 unspecified atom stereocenters. The molecule has 0 aliphatic rings. The Balaban J connectivity index is 2.54. The van der Waals surface area contributed by atoms with Gasteiger partial charge < -0.3 is 9.47 Å². The molecule has 0 amide bonds. The molecule has 1 rings (SSSR count). The molecule has 1 aromatic rings. The van der Waals surface area contributed by atoms with E-state index in [-0.39, 0.29) is 0 Å². The van der Waals surface area contributed by atoms with E-state index in [1.807, 2.05) is 19.9 Å². The highest BCUT2D eigenvalue weighted by Gasteiger charge is 2.09. The molecule has 4 nitrogen and oxygen atoms in total. The van der Waals surface area contributed by atoms with Crippen LogP contribution in [0.25, 0.3) is 0 Å². The van der Waals surface area contributed by atoms with Crippen LogP contribution in [-0.2, 0) is 4.74 Å². The minimum absolute atomic E-state index is 0.406. The summed E-state index contributed by atoms with van der Waals surface area (Å²) in [4.78, 5) is 4.24. The molecule has 0 aromatic carbocycles. The molecule has 1 aromatic heterocycles. The number of ether oxygens (including phenoxy) is 2. The molecule has 1 heterocycles. The molecule has 0 aliphatic heterocycles. The number of aromatic nitrogens is 1. The van der Waals surface area contributed by atoms with Gasteiger partial charge in [0.15, 0.2) is 0 Å². The first-order valence-electron chi connectivity index (χ1n) is 6.13. The van der Waals surface area contributed by atoms with Gasteiger partial charge in [0.25, 0.3) is 0 Å². The molecule has 0 atom stereocenters. The molecule has 0 radical (unpaired) electrons. The number of nitrogens with zero attached hydrogens (tertiary/aromatic N) is 2. The Labute approximate surface area is 109 Å². The fraction of sp³-hybridized carbons (Fsp3) is 0.571. The Morgan fingerprint density at radius 2 is 2.06 bits per heavy atom. The number of nitriles is 1. The first-order valence-corrected chi connectivity index (χ1v) is 6.13. The third-order valence-corrected chi connectivity index (χ3v) is 2.34. The molecular weight excluding hydrogens is 228 g/mol. The predicted octanol–water partition coefficient (Wildman–Crippen LogP) is 2.62. The van der Waals surface area contributed by atoms with E-state index in [1.54, 1.807) is 0 Å². The molecule has 0 bridgehead atoms. The monoisotopic (exact) mass is 248 g/mol. The summed E-state index contributed by atoms with van der Waals surface area (Å²) in [7, 11) is 0. The zero-order valence-electron chi connectivity index (χ0n) is 11.5. The molecule has 98 valence electrons. The standard InChI is InChI=1S/C14H20N2O2/c1-10(2)9-17-5-6-18-14-13(8-15)11(3)7-12(4)16-14/h7,10H,5-6,9H2,1-4H3. The summed E-state index contributed by atoms with van der Waals surface area (Å²) in [5.74, 6) is 0.919. The topological polar surface area (TPSA) is 55.1 Å². The summed E-state index contributed by atoms with van der Waals surface area (Å²) < 4.78 is 10.9. The summed E-state index contributed by atoms with van der Waals surface area (Å²) >= 11 is 0. The summed E-state index contributed by atoms with van der Waals surface area (Å²) in [6.07, 6.45) is 0. The maximum Gasteiger partial charge on any atom is 0.232 e. The lowest BCUT2D eigenvalue weighted by Gasteiger charge is -2.10. The second-order valence-electron chi connectivity index (χ2n) is 4.69. The quantitative estimate of drug-likeness (QED) is 0.726. The Kier molecular flexibility index (Phi) is 5.60. The fourth-order valence-electron chi connectivity index (χ4n) is 1.56. The lowest BCUT2D eigenvalue weighted by atomic mass is 10.1. The zero-order valence-corrected chi connectivity index (χ0v) is 11.5. The highest BCUT2D eigenvalue weighted by atomic mass is 16.5. The second-order valence-corrected chi connectivity index (χ2v) is 4.69. The zero-order chi connectivity index (χ0) is 13.5. The van der Waals surface area contributed by atoms with Gasteiger partial charge in [-0.05, 0) is 31.4 Å².